The summed E-state index contributed by atoms with van der Waals surface area (Å²) in [6.07, 6.45) is 2.98. The maximum absolute atomic E-state index is 13.6. The van der Waals surface area contributed by atoms with Gasteiger partial charge in [0, 0.05) is 36.6 Å². The van der Waals surface area contributed by atoms with Crippen LogP contribution >= 0.6 is 0 Å². The summed E-state index contributed by atoms with van der Waals surface area (Å²) in [5.74, 6) is -1.11. The van der Waals surface area contributed by atoms with Gasteiger partial charge in [-0.15, -0.1) is 5.10 Å². The number of hydrogen-bond donors (Lipinski definition) is 1. The van der Waals surface area contributed by atoms with Crippen LogP contribution in [0.4, 0.5) is 10.1 Å². The summed E-state index contributed by atoms with van der Waals surface area (Å²) in [6.45, 7) is 2.30. The summed E-state index contributed by atoms with van der Waals surface area (Å²) in [6, 6.07) is 19.4. The van der Waals surface area contributed by atoms with Crippen LogP contribution in [0.1, 0.15) is 11.1 Å². The smallest absolute Gasteiger partial charge is 0.264 e. The molecule has 3 aromatic carbocycles. The van der Waals surface area contributed by atoms with Crippen molar-refractivity contribution in [2.24, 2.45) is 18.9 Å². The van der Waals surface area contributed by atoms with Gasteiger partial charge in [0.05, 0.1) is 29.5 Å². The lowest BCUT2D eigenvalue weighted by Gasteiger charge is -2.24. The predicted molar refractivity (Wildman–Crippen MR) is 149 cm³/mol. The summed E-state index contributed by atoms with van der Waals surface area (Å²) >= 11 is 0. The molecule has 1 saturated carbocycles. The van der Waals surface area contributed by atoms with Crippen LogP contribution in [-0.4, -0.2) is 56.5 Å². The standard InChI is InChI=1S/C29H26FN7O3S/c1-18-12-25-19(14-32-37(25)22-10-8-20(30)9-11-22)13-23(18)29-17-36(41(39,40)26-15-31-35(2)34-26)16-24(29)27(29)28(38)33-21-6-4-3-5-7-21/h3-15,24,27H,16-17H2,1-2H3,(H,33,38). The molecule has 1 aliphatic carbocycles. The Balaban J connectivity index is 1.29. The molecule has 12 heteroatoms. The van der Waals surface area contributed by atoms with Crippen molar-refractivity contribution in [3.63, 3.8) is 0 Å². The number of benzene rings is 3. The zero-order chi connectivity index (χ0) is 28.5. The number of halogens is 1. The van der Waals surface area contributed by atoms with E-state index in [4.69, 9.17) is 0 Å². The SMILES string of the molecule is Cc1cc2c(cnn2-c2ccc(F)cc2)cc1C12CN(S(=O)(=O)c3cnn(C)n3)CC1C2C(=O)Nc1ccccc1. The minimum absolute atomic E-state index is 0.116. The number of hydrogen-bond acceptors (Lipinski definition) is 6. The molecular weight excluding hydrogens is 545 g/mol. The molecule has 41 heavy (non-hydrogen) atoms. The van der Waals surface area contributed by atoms with Gasteiger partial charge in [-0.1, -0.05) is 18.2 Å². The number of aromatic nitrogens is 5. The first-order valence-electron chi connectivity index (χ1n) is 13.2. The third kappa shape index (κ3) is 3.97. The number of anilines is 1. The zero-order valence-electron chi connectivity index (χ0n) is 22.3. The highest BCUT2D eigenvalue weighted by Gasteiger charge is 2.74. The second-order valence-electron chi connectivity index (χ2n) is 10.7. The fourth-order valence-electron chi connectivity index (χ4n) is 6.42. The molecule has 2 aromatic heterocycles. The van der Waals surface area contributed by atoms with Crippen molar-refractivity contribution < 1.29 is 17.6 Å². The number of sulfonamides is 1. The van der Waals surface area contributed by atoms with Gasteiger partial charge in [0.2, 0.25) is 10.9 Å². The van der Waals surface area contributed by atoms with Crippen molar-refractivity contribution in [3.05, 3.63) is 96.1 Å². The Hall–Kier alpha value is -4.42. The number of rotatable bonds is 6. The average Bonchev–Trinajstić information content (AvgIpc) is 3.37. The average molecular weight is 572 g/mol. The summed E-state index contributed by atoms with van der Waals surface area (Å²) in [7, 11) is -2.34. The molecule has 208 valence electrons. The van der Waals surface area contributed by atoms with Gasteiger partial charge >= 0.3 is 0 Å². The van der Waals surface area contributed by atoms with Gasteiger partial charge in [-0.3, -0.25) is 4.79 Å². The predicted octanol–water partition coefficient (Wildman–Crippen LogP) is 3.43. The number of aryl methyl sites for hydroxylation is 2. The van der Waals surface area contributed by atoms with Crippen LogP contribution in [0.3, 0.4) is 0 Å². The first-order valence-corrected chi connectivity index (χ1v) is 14.6. The van der Waals surface area contributed by atoms with E-state index >= 15 is 0 Å². The fraction of sp³-hybridized carbons (Fsp3) is 0.241. The maximum atomic E-state index is 13.6. The van der Waals surface area contributed by atoms with E-state index in [9.17, 15) is 17.6 Å². The monoisotopic (exact) mass is 571 g/mol. The van der Waals surface area contributed by atoms with Gasteiger partial charge < -0.3 is 5.32 Å². The molecule has 2 aliphatic rings. The van der Waals surface area contributed by atoms with Crippen LogP contribution in [-0.2, 0) is 27.3 Å². The lowest BCUT2D eigenvalue weighted by atomic mass is 9.88. The number of amides is 1. The minimum Gasteiger partial charge on any atom is -0.326 e. The molecule has 0 bridgehead atoms. The molecule has 1 amide bonds. The van der Waals surface area contributed by atoms with E-state index in [1.807, 2.05) is 49.4 Å². The van der Waals surface area contributed by atoms with E-state index < -0.39 is 21.4 Å². The fourth-order valence-corrected chi connectivity index (χ4v) is 7.82. The van der Waals surface area contributed by atoms with Gasteiger partial charge in [0.15, 0.2) is 0 Å². The molecule has 1 saturated heterocycles. The van der Waals surface area contributed by atoms with Crippen molar-refractivity contribution in [2.45, 2.75) is 17.4 Å². The Labute approximate surface area is 235 Å². The van der Waals surface area contributed by atoms with E-state index in [0.29, 0.717) is 5.69 Å². The number of nitrogens with zero attached hydrogens (tertiary/aromatic N) is 6. The molecule has 7 rings (SSSR count). The zero-order valence-corrected chi connectivity index (χ0v) is 23.1. The molecule has 3 atom stereocenters. The van der Waals surface area contributed by atoms with E-state index in [2.05, 4.69) is 20.6 Å². The molecule has 3 unspecified atom stereocenters. The van der Waals surface area contributed by atoms with Gasteiger partial charge in [0.1, 0.15) is 5.82 Å². The molecule has 0 radical (unpaired) electrons. The van der Waals surface area contributed by atoms with E-state index in [-0.39, 0.29) is 35.8 Å². The van der Waals surface area contributed by atoms with E-state index in [1.54, 1.807) is 30.1 Å². The molecular formula is C29H26FN7O3S. The lowest BCUT2D eigenvalue weighted by Crippen LogP contribution is -2.37. The highest BCUT2D eigenvalue weighted by molar-refractivity contribution is 7.89. The van der Waals surface area contributed by atoms with Crippen LogP contribution in [0.5, 0.6) is 0 Å². The quantitative estimate of drug-likeness (QED) is 0.334. The number of nitrogens with one attached hydrogen (secondary N) is 1. The largest absolute Gasteiger partial charge is 0.326 e. The van der Waals surface area contributed by atoms with Crippen molar-refractivity contribution >= 4 is 32.5 Å². The second-order valence-corrected chi connectivity index (χ2v) is 12.6. The molecule has 1 aliphatic heterocycles. The number of carbonyl (C=O) groups is 1. The molecule has 5 aromatic rings. The molecule has 0 spiro atoms. The number of piperidine rings is 1. The number of carbonyl (C=O) groups excluding carboxylic acids is 1. The first kappa shape index (κ1) is 25.5. The van der Waals surface area contributed by atoms with Gasteiger partial charge in [-0.2, -0.15) is 19.3 Å². The first-order chi connectivity index (χ1) is 19.7. The van der Waals surface area contributed by atoms with Gasteiger partial charge in [-0.05, 0) is 72.5 Å². The Bertz CT molecular complexity index is 1920. The van der Waals surface area contributed by atoms with Crippen LogP contribution in [0.15, 0.2) is 84.1 Å². The van der Waals surface area contributed by atoms with Crippen LogP contribution in [0.2, 0.25) is 0 Å². The lowest BCUT2D eigenvalue weighted by molar-refractivity contribution is -0.118. The molecule has 1 N–H and O–H groups in total. The third-order valence-electron chi connectivity index (χ3n) is 8.34. The van der Waals surface area contributed by atoms with E-state index in [0.717, 1.165) is 27.7 Å². The normalized spacial score (nSPS) is 22.1. The topological polar surface area (TPSA) is 115 Å². The summed E-state index contributed by atoms with van der Waals surface area (Å²) < 4.78 is 43.7. The van der Waals surface area contributed by atoms with Crippen molar-refractivity contribution in [2.75, 3.05) is 18.4 Å². The highest BCUT2D eigenvalue weighted by atomic mass is 32.2. The number of fused-ring (bicyclic) bond motifs is 2. The Morgan fingerprint density at radius 3 is 2.51 bits per heavy atom. The minimum atomic E-state index is -3.91. The van der Waals surface area contributed by atoms with Gasteiger partial charge in [0.25, 0.3) is 10.0 Å². The Morgan fingerprint density at radius 1 is 1.05 bits per heavy atom. The highest BCUT2D eigenvalue weighted by Crippen LogP contribution is 2.65. The third-order valence-corrected chi connectivity index (χ3v) is 10.0. The van der Waals surface area contributed by atoms with Crippen molar-refractivity contribution in [3.8, 4) is 5.69 Å². The van der Waals surface area contributed by atoms with E-state index in [1.165, 1.54) is 27.4 Å². The molecule has 10 nitrogen and oxygen atoms in total. The van der Waals surface area contributed by atoms with Gasteiger partial charge in [-0.25, -0.2) is 17.5 Å². The Kier molecular flexibility index (Phi) is 5.64. The van der Waals surface area contributed by atoms with Crippen molar-refractivity contribution in [1.82, 2.24) is 29.1 Å². The summed E-state index contributed by atoms with van der Waals surface area (Å²) in [5, 5.41) is 16.3. The number of para-hydroxylation sites is 1. The van der Waals surface area contributed by atoms with Crippen molar-refractivity contribution in [1.29, 1.82) is 0 Å². The summed E-state index contributed by atoms with van der Waals surface area (Å²) in [4.78, 5) is 14.9. The maximum Gasteiger partial charge on any atom is 0.264 e. The van der Waals surface area contributed by atoms with Crippen LogP contribution in [0, 0.1) is 24.6 Å². The molecule has 3 heterocycles. The second kappa shape index (κ2) is 9.05. The Morgan fingerprint density at radius 2 is 1.80 bits per heavy atom. The van der Waals surface area contributed by atoms with Crippen LogP contribution in [0.25, 0.3) is 16.6 Å². The van der Waals surface area contributed by atoms with Crippen LogP contribution < -0.4 is 5.32 Å². The summed E-state index contributed by atoms with van der Waals surface area (Å²) in [5.41, 5.74) is 3.36. The molecule has 2 fully saturated rings.